The highest BCUT2D eigenvalue weighted by Gasteiger charge is 2.27. The predicted molar refractivity (Wildman–Crippen MR) is 127 cm³/mol. The number of amides is 2. The number of esters is 2. The molecule has 33 heavy (non-hydrogen) atoms. The molecule has 1 aromatic carbocycles. The maximum absolute atomic E-state index is 12.6. The third kappa shape index (κ3) is 6.89. The lowest BCUT2D eigenvalue weighted by atomic mass is 10.0. The van der Waals surface area contributed by atoms with Crippen molar-refractivity contribution in [1.82, 2.24) is 5.32 Å². The van der Waals surface area contributed by atoms with E-state index in [1.165, 1.54) is 11.3 Å². The van der Waals surface area contributed by atoms with Crippen LogP contribution in [-0.4, -0.2) is 43.0 Å². The molecule has 2 N–H and O–H groups in total. The molecule has 0 saturated carbocycles. The van der Waals surface area contributed by atoms with Crippen LogP contribution in [0.5, 0.6) is 0 Å². The monoisotopic (exact) mass is 474 g/mol. The number of carbonyl (C=O) groups is 4. The highest BCUT2D eigenvalue weighted by atomic mass is 32.1. The molecule has 1 unspecified atom stereocenters. The first-order valence-electron chi connectivity index (χ1n) is 10.7. The zero-order valence-electron chi connectivity index (χ0n) is 19.7. The van der Waals surface area contributed by atoms with Gasteiger partial charge in [-0.05, 0) is 51.3 Å². The average Bonchev–Trinajstić information content (AvgIpc) is 3.03. The topological polar surface area (TPSA) is 111 Å². The Kier molecular flexibility index (Phi) is 9.16. The lowest BCUT2D eigenvalue weighted by molar-refractivity contribution is -0.150. The Morgan fingerprint density at radius 3 is 2.21 bits per heavy atom. The Morgan fingerprint density at radius 1 is 1.00 bits per heavy atom. The average molecular weight is 475 g/mol. The summed E-state index contributed by atoms with van der Waals surface area (Å²) in [5.74, 6) is -2.50. The number of thiophene rings is 1. The Morgan fingerprint density at radius 2 is 1.64 bits per heavy atom. The first-order valence-corrected chi connectivity index (χ1v) is 11.5. The molecule has 1 atom stereocenters. The maximum Gasteiger partial charge on any atom is 0.341 e. The highest BCUT2D eigenvalue weighted by Crippen LogP contribution is 2.33. The van der Waals surface area contributed by atoms with E-state index < -0.39 is 36.4 Å². The Hall–Kier alpha value is -3.20. The van der Waals surface area contributed by atoms with E-state index in [4.69, 9.17) is 9.47 Å². The van der Waals surface area contributed by atoms with E-state index in [1.807, 2.05) is 13.8 Å². The predicted octanol–water partition coefficient (Wildman–Crippen LogP) is 3.79. The van der Waals surface area contributed by atoms with Crippen LogP contribution in [0.3, 0.4) is 0 Å². The van der Waals surface area contributed by atoms with Crippen LogP contribution in [0.4, 0.5) is 5.00 Å². The minimum Gasteiger partial charge on any atom is -0.462 e. The van der Waals surface area contributed by atoms with Gasteiger partial charge in [-0.15, -0.1) is 11.3 Å². The Balaban J connectivity index is 2.01. The van der Waals surface area contributed by atoms with Crippen LogP contribution in [0.15, 0.2) is 24.3 Å². The van der Waals surface area contributed by atoms with Crippen LogP contribution in [0.1, 0.15) is 57.5 Å². The van der Waals surface area contributed by atoms with E-state index >= 15 is 0 Å². The Labute approximate surface area is 197 Å². The van der Waals surface area contributed by atoms with Crippen LogP contribution >= 0.6 is 11.3 Å². The fourth-order valence-corrected chi connectivity index (χ4v) is 4.05. The first kappa shape index (κ1) is 26.1. The van der Waals surface area contributed by atoms with Crippen molar-refractivity contribution in [2.24, 2.45) is 5.92 Å². The molecule has 2 aromatic rings. The maximum atomic E-state index is 12.6. The second-order valence-corrected chi connectivity index (χ2v) is 9.15. The summed E-state index contributed by atoms with van der Waals surface area (Å²) in [5, 5.41) is 5.64. The molecule has 0 bridgehead atoms. The van der Waals surface area contributed by atoms with E-state index in [-0.39, 0.29) is 12.5 Å². The van der Waals surface area contributed by atoms with Crippen molar-refractivity contribution in [3.63, 3.8) is 0 Å². The minimum atomic E-state index is -0.923. The number of ether oxygens (including phenoxy) is 2. The largest absolute Gasteiger partial charge is 0.462 e. The molecule has 0 saturated heterocycles. The number of aryl methyl sites for hydroxylation is 2. The number of benzene rings is 1. The van der Waals surface area contributed by atoms with Crippen LogP contribution in [0.25, 0.3) is 0 Å². The molecule has 2 rings (SSSR count). The van der Waals surface area contributed by atoms with Gasteiger partial charge in [0.2, 0.25) is 0 Å². The highest BCUT2D eigenvalue weighted by molar-refractivity contribution is 7.16. The molecule has 0 aliphatic rings. The zero-order valence-corrected chi connectivity index (χ0v) is 20.6. The first-order chi connectivity index (χ1) is 15.5. The van der Waals surface area contributed by atoms with Crippen molar-refractivity contribution in [3.05, 3.63) is 51.4 Å². The standard InChI is InChI=1S/C24H30N2O6S/c1-7-31-23(29)19-15(5)16(6)33-22(19)25-18(27)12-32-24(30)20(13(2)3)26-21(28)17-10-8-14(4)9-11-17/h8-11,13,20H,7,12H2,1-6H3,(H,25,27)(H,26,28). The minimum absolute atomic E-state index is 0.211. The van der Waals surface area contributed by atoms with E-state index in [1.54, 1.807) is 52.0 Å². The molecule has 1 aromatic heterocycles. The molecular weight excluding hydrogens is 444 g/mol. The van der Waals surface area contributed by atoms with Crippen molar-refractivity contribution in [3.8, 4) is 0 Å². The van der Waals surface area contributed by atoms with Crippen LogP contribution in [-0.2, 0) is 19.1 Å². The van der Waals surface area contributed by atoms with Gasteiger partial charge in [0.25, 0.3) is 11.8 Å². The molecule has 1 heterocycles. The number of carbonyl (C=O) groups excluding carboxylic acids is 4. The molecule has 9 heteroatoms. The van der Waals surface area contributed by atoms with Gasteiger partial charge in [-0.3, -0.25) is 9.59 Å². The summed E-state index contributed by atoms with van der Waals surface area (Å²) in [7, 11) is 0. The van der Waals surface area contributed by atoms with Gasteiger partial charge in [0.1, 0.15) is 11.0 Å². The smallest absolute Gasteiger partial charge is 0.341 e. The molecule has 0 aliphatic heterocycles. The summed E-state index contributed by atoms with van der Waals surface area (Å²) in [6.45, 7) is 10.4. The molecule has 178 valence electrons. The number of anilines is 1. The van der Waals surface area contributed by atoms with Gasteiger partial charge in [0, 0.05) is 10.4 Å². The lowest BCUT2D eigenvalue weighted by Crippen LogP contribution is -2.45. The van der Waals surface area contributed by atoms with Crippen molar-refractivity contribution >= 4 is 40.1 Å². The van der Waals surface area contributed by atoms with Crippen molar-refractivity contribution < 1.29 is 28.7 Å². The van der Waals surface area contributed by atoms with E-state index in [9.17, 15) is 19.2 Å². The number of hydrogen-bond acceptors (Lipinski definition) is 7. The van der Waals surface area contributed by atoms with E-state index in [0.29, 0.717) is 16.1 Å². The van der Waals surface area contributed by atoms with E-state index in [0.717, 1.165) is 16.0 Å². The van der Waals surface area contributed by atoms with E-state index in [2.05, 4.69) is 10.6 Å². The van der Waals surface area contributed by atoms with Gasteiger partial charge in [0.15, 0.2) is 6.61 Å². The SMILES string of the molecule is CCOC(=O)c1c(NC(=O)COC(=O)C(NC(=O)c2ccc(C)cc2)C(C)C)sc(C)c1C. The molecule has 8 nitrogen and oxygen atoms in total. The van der Waals surface area contributed by atoms with Gasteiger partial charge in [0.05, 0.1) is 12.2 Å². The molecular formula is C24H30N2O6S. The molecule has 0 fully saturated rings. The van der Waals surface area contributed by atoms with Crippen LogP contribution < -0.4 is 10.6 Å². The third-order valence-corrected chi connectivity index (χ3v) is 6.11. The van der Waals surface area contributed by atoms with Gasteiger partial charge in [-0.25, -0.2) is 9.59 Å². The van der Waals surface area contributed by atoms with Crippen molar-refractivity contribution in [2.75, 3.05) is 18.5 Å². The molecule has 0 radical (unpaired) electrons. The fourth-order valence-electron chi connectivity index (χ4n) is 2.98. The number of rotatable bonds is 9. The lowest BCUT2D eigenvalue weighted by Gasteiger charge is -2.20. The van der Waals surface area contributed by atoms with Gasteiger partial charge in [-0.1, -0.05) is 31.5 Å². The van der Waals surface area contributed by atoms with Crippen molar-refractivity contribution in [2.45, 2.75) is 47.6 Å². The molecule has 0 spiro atoms. The third-order valence-electron chi connectivity index (χ3n) is 4.98. The summed E-state index contributed by atoms with van der Waals surface area (Å²) in [6, 6.07) is 6.04. The fraction of sp³-hybridized carbons (Fsp3) is 0.417. The van der Waals surface area contributed by atoms with Crippen molar-refractivity contribution in [1.29, 1.82) is 0 Å². The summed E-state index contributed by atoms with van der Waals surface area (Å²) in [4.78, 5) is 50.6. The quantitative estimate of drug-likeness (QED) is 0.535. The van der Waals surface area contributed by atoms with Gasteiger partial charge < -0.3 is 20.1 Å². The van der Waals surface area contributed by atoms with Crippen LogP contribution in [0.2, 0.25) is 0 Å². The second kappa shape index (κ2) is 11.6. The summed E-state index contributed by atoms with van der Waals surface area (Å²) in [5.41, 5.74) is 2.46. The number of hydrogen-bond donors (Lipinski definition) is 2. The zero-order chi connectivity index (χ0) is 24.7. The van der Waals surface area contributed by atoms with Gasteiger partial charge >= 0.3 is 11.9 Å². The molecule has 0 aliphatic carbocycles. The van der Waals surface area contributed by atoms with Crippen LogP contribution in [0, 0.1) is 26.7 Å². The second-order valence-electron chi connectivity index (χ2n) is 7.92. The summed E-state index contributed by atoms with van der Waals surface area (Å²) < 4.78 is 10.2. The van der Waals surface area contributed by atoms with Gasteiger partial charge in [-0.2, -0.15) is 0 Å². The number of nitrogens with one attached hydrogen (secondary N) is 2. The Bertz CT molecular complexity index is 1030. The summed E-state index contributed by atoms with van der Waals surface area (Å²) in [6.07, 6.45) is 0. The molecule has 2 amide bonds. The normalized spacial score (nSPS) is 11.6. The summed E-state index contributed by atoms with van der Waals surface area (Å²) >= 11 is 1.25.